The van der Waals surface area contributed by atoms with Gasteiger partial charge in [0.1, 0.15) is 6.10 Å². The minimum absolute atomic E-state index is 0.0500. The summed E-state index contributed by atoms with van der Waals surface area (Å²) in [5.41, 5.74) is 9.84. The molecule has 0 aliphatic carbocycles. The Kier molecular flexibility index (Phi) is 3.80. The van der Waals surface area contributed by atoms with Gasteiger partial charge < -0.3 is 26.4 Å². The molecule has 7 N–H and O–H groups in total. The number of aromatic amines is 1. The summed E-state index contributed by atoms with van der Waals surface area (Å²) in [6.45, 7) is -0.335. The molecule has 2 aromatic rings. The Hall–Kier alpha value is -2.43. The number of anilines is 1. The van der Waals surface area contributed by atoms with Crippen LogP contribution in [0, 0.1) is 0 Å². The van der Waals surface area contributed by atoms with Crippen LogP contribution in [0.25, 0.3) is 11.2 Å². The second-order valence-electron chi connectivity index (χ2n) is 5.43. The molecule has 23 heavy (non-hydrogen) atoms. The number of hydrogen-bond donors (Lipinski definition) is 5. The fourth-order valence-electron chi connectivity index (χ4n) is 2.89. The Morgan fingerprint density at radius 2 is 2.39 bits per heavy atom. The Bertz CT molecular complexity index is 799. The van der Waals surface area contributed by atoms with Crippen LogP contribution in [0.5, 0.6) is 0 Å². The highest BCUT2D eigenvalue weighted by Gasteiger charge is 2.47. The number of aromatic nitrogens is 4. The number of rotatable bonds is 4. The predicted molar refractivity (Wildman–Crippen MR) is 81.1 cm³/mol. The van der Waals surface area contributed by atoms with E-state index in [-0.39, 0.29) is 30.1 Å². The fourth-order valence-corrected chi connectivity index (χ4v) is 2.89. The molecule has 1 aliphatic heterocycles. The summed E-state index contributed by atoms with van der Waals surface area (Å²) in [4.78, 5) is 22.5. The average Bonchev–Trinajstić information content (AvgIpc) is 3.07. The monoisotopic (exact) mass is 322 g/mol. The molecule has 3 rings (SSSR count). The van der Waals surface area contributed by atoms with Crippen LogP contribution < -0.4 is 17.0 Å². The summed E-state index contributed by atoms with van der Waals surface area (Å²) in [5, 5.41) is 19.5. The SMILES string of the molecule is NC=CC[C@]1(n2cnc3c(=O)[nH]c(N)nc32)C[C@H](O)[C@@H](CO)O1. The van der Waals surface area contributed by atoms with E-state index in [4.69, 9.17) is 16.2 Å². The summed E-state index contributed by atoms with van der Waals surface area (Å²) in [5.74, 6) is -0.0500. The van der Waals surface area contributed by atoms with Crippen LogP contribution in [0.1, 0.15) is 12.8 Å². The quantitative estimate of drug-likeness (QED) is 0.447. The van der Waals surface area contributed by atoms with Gasteiger partial charge in [-0.1, -0.05) is 6.08 Å². The zero-order valence-corrected chi connectivity index (χ0v) is 12.2. The maximum atomic E-state index is 11.9. The van der Waals surface area contributed by atoms with Gasteiger partial charge in [-0.3, -0.25) is 14.3 Å². The van der Waals surface area contributed by atoms with Crippen molar-refractivity contribution >= 4 is 17.1 Å². The van der Waals surface area contributed by atoms with Crippen molar-refractivity contribution in [1.29, 1.82) is 0 Å². The summed E-state index contributed by atoms with van der Waals surface area (Å²) in [7, 11) is 0. The van der Waals surface area contributed by atoms with Gasteiger partial charge in [-0.25, -0.2) is 4.98 Å². The molecule has 2 aromatic heterocycles. The highest BCUT2D eigenvalue weighted by atomic mass is 16.6. The first-order valence-corrected chi connectivity index (χ1v) is 7.07. The number of imidazole rings is 1. The smallest absolute Gasteiger partial charge is 0.280 e. The van der Waals surface area contributed by atoms with Gasteiger partial charge in [0.05, 0.1) is 19.0 Å². The third kappa shape index (κ3) is 2.46. The normalized spacial score (nSPS) is 28.1. The summed E-state index contributed by atoms with van der Waals surface area (Å²) in [6.07, 6.45) is 3.29. The second kappa shape index (κ2) is 5.65. The van der Waals surface area contributed by atoms with Gasteiger partial charge in [-0.05, 0) is 6.20 Å². The lowest BCUT2D eigenvalue weighted by atomic mass is 10.0. The third-order valence-corrected chi connectivity index (χ3v) is 3.95. The Labute approximate surface area is 130 Å². The van der Waals surface area contributed by atoms with Crippen LogP contribution in [0.2, 0.25) is 0 Å². The first-order chi connectivity index (χ1) is 11.0. The fraction of sp³-hybridized carbons (Fsp3) is 0.462. The summed E-state index contributed by atoms with van der Waals surface area (Å²) >= 11 is 0. The molecule has 1 saturated heterocycles. The van der Waals surface area contributed by atoms with Crippen molar-refractivity contribution in [3.63, 3.8) is 0 Å². The molecular weight excluding hydrogens is 304 g/mol. The minimum Gasteiger partial charge on any atom is -0.405 e. The van der Waals surface area contributed by atoms with Crippen molar-refractivity contribution in [3.05, 3.63) is 29.0 Å². The van der Waals surface area contributed by atoms with Gasteiger partial charge in [0.15, 0.2) is 16.9 Å². The van der Waals surface area contributed by atoms with Gasteiger partial charge in [0.25, 0.3) is 5.56 Å². The van der Waals surface area contributed by atoms with Gasteiger partial charge in [-0.15, -0.1) is 0 Å². The maximum Gasteiger partial charge on any atom is 0.280 e. The van der Waals surface area contributed by atoms with Crippen molar-refractivity contribution < 1.29 is 14.9 Å². The first kappa shape index (κ1) is 15.5. The molecule has 10 nitrogen and oxygen atoms in total. The molecule has 124 valence electrons. The molecule has 1 aliphatic rings. The van der Waals surface area contributed by atoms with E-state index in [0.29, 0.717) is 6.42 Å². The second-order valence-corrected chi connectivity index (χ2v) is 5.43. The van der Waals surface area contributed by atoms with Crippen LogP contribution in [-0.2, 0) is 10.5 Å². The number of H-pyrrole nitrogens is 1. The van der Waals surface area contributed by atoms with E-state index in [1.165, 1.54) is 12.5 Å². The molecule has 3 heterocycles. The topological polar surface area (TPSA) is 165 Å². The van der Waals surface area contributed by atoms with Crippen molar-refractivity contribution in [3.8, 4) is 0 Å². The number of aliphatic hydroxyl groups excluding tert-OH is 2. The molecule has 3 atom stereocenters. The Morgan fingerprint density at radius 3 is 3.04 bits per heavy atom. The molecule has 10 heteroatoms. The number of aliphatic hydroxyl groups is 2. The number of nitrogens with two attached hydrogens (primary N) is 2. The largest absolute Gasteiger partial charge is 0.405 e. The van der Waals surface area contributed by atoms with Crippen molar-refractivity contribution in [2.45, 2.75) is 30.8 Å². The highest BCUT2D eigenvalue weighted by Crippen LogP contribution is 2.39. The molecule has 1 fully saturated rings. The number of nitrogens with zero attached hydrogens (tertiary/aromatic N) is 3. The van der Waals surface area contributed by atoms with Crippen LogP contribution in [0.3, 0.4) is 0 Å². The molecule has 0 aromatic carbocycles. The molecule has 0 bridgehead atoms. The molecular formula is C13H18N6O4. The highest BCUT2D eigenvalue weighted by molar-refractivity contribution is 5.70. The van der Waals surface area contributed by atoms with Gasteiger partial charge in [0.2, 0.25) is 5.95 Å². The van der Waals surface area contributed by atoms with E-state index >= 15 is 0 Å². The zero-order valence-electron chi connectivity index (χ0n) is 12.2. The number of fused-ring (bicyclic) bond motifs is 1. The molecule has 0 saturated carbocycles. The number of nitrogens with one attached hydrogen (secondary N) is 1. The molecule has 0 unspecified atom stereocenters. The van der Waals surface area contributed by atoms with E-state index in [1.54, 1.807) is 10.6 Å². The van der Waals surface area contributed by atoms with Crippen LogP contribution in [0.4, 0.5) is 5.95 Å². The summed E-state index contributed by atoms with van der Waals surface area (Å²) in [6, 6.07) is 0. The van der Waals surface area contributed by atoms with Crippen molar-refractivity contribution in [1.82, 2.24) is 19.5 Å². The van der Waals surface area contributed by atoms with Crippen LogP contribution in [0.15, 0.2) is 23.4 Å². The van der Waals surface area contributed by atoms with Gasteiger partial charge in [0, 0.05) is 12.8 Å². The molecule has 0 radical (unpaired) electrons. The third-order valence-electron chi connectivity index (χ3n) is 3.95. The number of ether oxygens (including phenoxy) is 1. The standard InChI is InChI=1S/C13H18N6O4/c14-3-1-2-13(4-7(21)8(5-20)23-13)19-6-16-9-10(19)17-12(15)18-11(9)22/h1,3,6-8,20-21H,2,4-5,14H2,(H3,15,17,18,22)/t7-,8+,13+/m0/s1. The maximum absolute atomic E-state index is 11.9. The summed E-state index contributed by atoms with van der Waals surface area (Å²) < 4.78 is 7.42. The van der Waals surface area contributed by atoms with E-state index in [0.717, 1.165) is 0 Å². The lowest BCUT2D eigenvalue weighted by Crippen LogP contribution is -2.34. The Balaban J connectivity index is 2.17. The minimum atomic E-state index is -1.06. The van der Waals surface area contributed by atoms with Crippen molar-refractivity contribution in [2.75, 3.05) is 12.3 Å². The Morgan fingerprint density at radius 1 is 1.61 bits per heavy atom. The lowest BCUT2D eigenvalue weighted by molar-refractivity contribution is -0.113. The van der Waals surface area contributed by atoms with Gasteiger partial charge in [-0.2, -0.15) is 4.98 Å². The van der Waals surface area contributed by atoms with E-state index < -0.39 is 23.5 Å². The lowest BCUT2D eigenvalue weighted by Gasteiger charge is -2.29. The van der Waals surface area contributed by atoms with Gasteiger partial charge >= 0.3 is 0 Å². The molecule has 0 spiro atoms. The molecule has 0 amide bonds. The predicted octanol–water partition coefficient (Wildman–Crippen LogP) is -1.64. The van der Waals surface area contributed by atoms with E-state index in [1.807, 2.05) is 0 Å². The average molecular weight is 322 g/mol. The first-order valence-electron chi connectivity index (χ1n) is 7.07. The number of nitrogen functional groups attached to an aromatic ring is 1. The zero-order chi connectivity index (χ0) is 16.6. The van der Waals surface area contributed by atoms with Crippen LogP contribution >= 0.6 is 0 Å². The van der Waals surface area contributed by atoms with E-state index in [9.17, 15) is 15.0 Å². The van der Waals surface area contributed by atoms with E-state index in [2.05, 4.69) is 15.0 Å². The van der Waals surface area contributed by atoms with Crippen LogP contribution in [-0.4, -0.2) is 48.5 Å². The number of hydrogen-bond acceptors (Lipinski definition) is 8. The van der Waals surface area contributed by atoms with Crippen molar-refractivity contribution in [2.24, 2.45) is 5.73 Å².